The molecule has 0 saturated heterocycles. The number of rotatable bonds is 5. The average molecular weight is 238 g/mol. The maximum Gasteiger partial charge on any atom is 0.0452 e. The maximum atomic E-state index is 5.87. The third-order valence-electron chi connectivity index (χ3n) is 2.94. The van der Waals surface area contributed by atoms with Crippen molar-refractivity contribution in [3.8, 4) is 0 Å². The molecule has 0 bridgehead atoms. The van der Waals surface area contributed by atoms with Crippen molar-refractivity contribution in [1.29, 1.82) is 0 Å². The minimum absolute atomic E-state index is 0.223. The molecule has 4 N–H and O–H groups in total. The van der Waals surface area contributed by atoms with Crippen LogP contribution in [0.2, 0.25) is 0 Å². The Balaban J connectivity index is 2.68. The first-order valence-corrected chi connectivity index (χ1v) is 6.83. The molecule has 0 fully saturated rings. The molecular weight excluding hydrogens is 216 g/mol. The number of hydrogen-bond acceptors (Lipinski definition) is 3. The van der Waals surface area contributed by atoms with E-state index in [0.717, 1.165) is 25.1 Å². The van der Waals surface area contributed by atoms with Crippen molar-refractivity contribution in [1.82, 2.24) is 0 Å². The molecule has 0 aliphatic heterocycles. The fourth-order valence-corrected chi connectivity index (χ4v) is 2.07. The molecule has 16 heavy (non-hydrogen) atoms. The highest BCUT2D eigenvalue weighted by Crippen LogP contribution is 2.26. The normalized spacial score (nSPS) is 11.8. The predicted molar refractivity (Wildman–Crippen MR) is 73.8 cm³/mol. The van der Waals surface area contributed by atoms with Crippen LogP contribution in [0.25, 0.3) is 0 Å². The topological polar surface area (TPSA) is 52.0 Å². The largest absolute Gasteiger partial charge is 0.398 e. The van der Waals surface area contributed by atoms with Gasteiger partial charge in [0.25, 0.3) is 0 Å². The van der Waals surface area contributed by atoms with E-state index in [-0.39, 0.29) is 5.41 Å². The van der Waals surface area contributed by atoms with Crippen LogP contribution < -0.4 is 11.5 Å². The molecule has 1 rings (SSSR count). The fourth-order valence-electron chi connectivity index (χ4n) is 1.50. The smallest absolute Gasteiger partial charge is 0.0452 e. The Hall–Kier alpha value is -0.670. The van der Waals surface area contributed by atoms with Crippen LogP contribution in [-0.2, 0) is 6.42 Å². The lowest BCUT2D eigenvalue weighted by Gasteiger charge is -2.22. The lowest BCUT2D eigenvalue weighted by molar-refractivity contribution is 0.348. The third kappa shape index (κ3) is 3.72. The van der Waals surface area contributed by atoms with Gasteiger partial charge in [0.15, 0.2) is 0 Å². The van der Waals surface area contributed by atoms with Gasteiger partial charge in [-0.25, -0.2) is 0 Å². The molecule has 0 unspecified atom stereocenters. The molecule has 0 heterocycles. The molecule has 1 aromatic carbocycles. The first-order chi connectivity index (χ1) is 7.48. The van der Waals surface area contributed by atoms with Crippen LogP contribution in [0.3, 0.4) is 0 Å². The molecule has 0 aliphatic carbocycles. The monoisotopic (exact) mass is 238 g/mol. The second kappa shape index (κ2) is 5.60. The molecule has 90 valence electrons. The quantitative estimate of drug-likeness (QED) is 0.612. The summed E-state index contributed by atoms with van der Waals surface area (Å²) >= 11 is 1.70. The summed E-state index contributed by atoms with van der Waals surface area (Å²) in [6.07, 6.45) is 4.23. The van der Waals surface area contributed by atoms with Gasteiger partial charge >= 0.3 is 0 Å². The highest BCUT2D eigenvalue weighted by Gasteiger charge is 2.15. The zero-order valence-electron chi connectivity index (χ0n) is 10.4. The lowest BCUT2D eigenvalue weighted by atomic mass is 9.86. The van der Waals surface area contributed by atoms with Crippen molar-refractivity contribution in [3.05, 3.63) is 23.8 Å². The molecule has 0 spiro atoms. The maximum absolute atomic E-state index is 5.87. The van der Waals surface area contributed by atoms with Crippen LogP contribution >= 0.6 is 11.8 Å². The van der Waals surface area contributed by atoms with Crippen molar-refractivity contribution < 1.29 is 0 Å². The Kier molecular flexibility index (Phi) is 4.69. The van der Waals surface area contributed by atoms with Crippen LogP contribution in [0.15, 0.2) is 23.1 Å². The van der Waals surface area contributed by atoms with Gasteiger partial charge in [-0.2, -0.15) is 0 Å². The van der Waals surface area contributed by atoms with E-state index in [0.29, 0.717) is 0 Å². The highest BCUT2D eigenvalue weighted by atomic mass is 32.2. The van der Waals surface area contributed by atoms with Gasteiger partial charge in [-0.05, 0) is 48.8 Å². The van der Waals surface area contributed by atoms with Gasteiger partial charge in [0.05, 0.1) is 0 Å². The number of hydrogen-bond donors (Lipinski definition) is 2. The molecule has 0 amide bonds. The Morgan fingerprint density at radius 3 is 2.56 bits per heavy atom. The summed E-state index contributed by atoms with van der Waals surface area (Å²) in [6.45, 7) is 5.15. The molecule has 0 saturated carbocycles. The van der Waals surface area contributed by atoms with Crippen LogP contribution in [0.4, 0.5) is 5.69 Å². The number of thioether (sulfide) groups is 1. The summed E-state index contributed by atoms with van der Waals surface area (Å²) in [5, 5.41) is 0. The van der Waals surface area contributed by atoms with Crippen LogP contribution in [0.5, 0.6) is 0 Å². The molecule has 3 heteroatoms. The van der Waals surface area contributed by atoms with Crippen molar-refractivity contribution >= 4 is 17.4 Å². The number of anilines is 1. The van der Waals surface area contributed by atoms with Gasteiger partial charge in [0.1, 0.15) is 0 Å². The van der Waals surface area contributed by atoms with E-state index in [1.54, 1.807) is 11.8 Å². The zero-order valence-corrected chi connectivity index (χ0v) is 11.2. The minimum Gasteiger partial charge on any atom is -0.398 e. The van der Waals surface area contributed by atoms with Crippen LogP contribution in [-0.4, -0.2) is 12.8 Å². The second-order valence-electron chi connectivity index (χ2n) is 4.94. The summed E-state index contributed by atoms with van der Waals surface area (Å²) < 4.78 is 0. The Labute approximate surface area is 103 Å². The van der Waals surface area contributed by atoms with Crippen molar-refractivity contribution in [2.45, 2.75) is 31.6 Å². The van der Waals surface area contributed by atoms with Crippen molar-refractivity contribution in [2.75, 3.05) is 18.5 Å². The number of nitrogen functional groups attached to an aromatic ring is 1. The Bertz CT molecular complexity index is 348. The zero-order chi connectivity index (χ0) is 12.2. The van der Waals surface area contributed by atoms with Gasteiger partial charge in [-0.3, -0.25) is 0 Å². The Morgan fingerprint density at radius 2 is 2.00 bits per heavy atom. The second-order valence-corrected chi connectivity index (χ2v) is 5.79. The number of benzene rings is 1. The van der Waals surface area contributed by atoms with Gasteiger partial charge in [-0.1, -0.05) is 19.9 Å². The summed E-state index contributed by atoms with van der Waals surface area (Å²) in [4.78, 5) is 1.17. The van der Waals surface area contributed by atoms with E-state index in [2.05, 4.69) is 32.2 Å². The van der Waals surface area contributed by atoms with Gasteiger partial charge in [-0.15, -0.1) is 11.8 Å². The van der Waals surface area contributed by atoms with E-state index in [9.17, 15) is 0 Å². The molecule has 1 aromatic rings. The van der Waals surface area contributed by atoms with E-state index in [1.807, 2.05) is 6.07 Å². The summed E-state index contributed by atoms with van der Waals surface area (Å²) in [5.41, 5.74) is 14.0. The first-order valence-electron chi connectivity index (χ1n) is 5.61. The van der Waals surface area contributed by atoms with Gasteiger partial charge in [0.2, 0.25) is 0 Å². The van der Waals surface area contributed by atoms with Gasteiger partial charge in [0, 0.05) is 10.6 Å². The van der Waals surface area contributed by atoms with E-state index in [4.69, 9.17) is 11.5 Å². The van der Waals surface area contributed by atoms with Crippen LogP contribution in [0.1, 0.15) is 25.8 Å². The highest BCUT2D eigenvalue weighted by molar-refractivity contribution is 7.98. The molecule has 0 radical (unpaired) electrons. The molecular formula is C13H22N2S. The summed E-state index contributed by atoms with van der Waals surface area (Å²) in [5.74, 6) is 0. The average Bonchev–Trinajstić information content (AvgIpc) is 2.28. The molecule has 0 atom stereocenters. The number of aryl methyl sites for hydroxylation is 1. The van der Waals surface area contributed by atoms with E-state index in [1.165, 1.54) is 10.5 Å². The van der Waals surface area contributed by atoms with Crippen LogP contribution in [0, 0.1) is 5.41 Å². The van der Waals surface area contributed by atoms with Crippen molar-refractivity contribution in [2.24, 2.45) is 11.1 Å². The lowest BCUT2D eigenvalue weighted by Crippen LogP contribution is -2.24. The standard InChI is InChI=1S/C13H22N2S/c1-13(2,9-14)7-6-10-4-5-11(15)12(8-10)16-3/h4-5,8H,6-7,9,14-15H2,1-3H3. The first kappa shape index (κ1) is 13.4. The molecule has 0 aliphatic rings. The SMILES string of the molecule is CSc1cc(CCC(C)(C)CN)ccc1N. The van der Waals surface area contributed by atoms with E-state index >= 15 is 0 Å². The predicted octanol–water partition coefficient (Wildman–Crippen LogP) is 2.91. The minimum atomic E-state index is 0.223. The molecule has 2 nitrogen and oxygen atoms in total. The van der Waals surface area contributed by atoms with Crippen molar-refractivity contribution in [3.63, 3.8) is 0 Å². The summed E-state index contributed by atoms with van der Waals surface area (Å²) in [6, 6.07) is 6.30. The van der Waals surface area contributed by atoms with Gasteiger partial charge < -0.3 is 11.5 Å². The fraction of sp³-hybridized carbons (Fsp3) is 0.538. The summed E-state index contributed by atoms with van der Waals surface area (Å²) in [7, 11) is 0. The Morgan fingerprint density at radius 1 is 1.31 bits per heavy atom. The van der Waals surface area contributed by atoms with E-state index < -0.39 is 0 Å². The number of nitrogens with two attached hydrogens (primary N) is 2. The third-order valence-corrected chi connectivity index (χ3v) is 3.73. The molecule has 0 aromatic heterocycles.